The van der Waals surface area contributed by atoms with E-state index in [4.69, 9.17) is 14.4 Å². The van der Waals surface area contributed by atoms with Crippen molar-refractivity contribution in [2.45, 2.75) is 26.4 Å². The van der Waals surface area contributed by atoms with Crippen LogP contribution in [0.15, 0.2) is 16.9 Å². The molecule has 18 heavy (non-hydrogen) atoms. The summed E-state index contributed by atoms with van der Waals surface area (Å²) < 4.78 is 10.2. The number of aromatic nitrogens is 2. The minimum Gasteiger partial charge on any atom is -0.482 e. The number of aromatic carboxylic acids is 1. The highest BCUT2D eigenvalue weighted by molar-refractivity contribution is 7.14. The van der Waals surface area contributed by atoms with E-state index < -0.39 is 5.97 Å². The van der Waals surface area contributed by atoms with E-state index in [0.717, 1.165) is 4.88 Å². The zero-order chi connectivity index (χ0) is 13.1. The van der Waals surface area contributed by atoms with Crippen molar-refractivity contribution in [3.8, 4) is 5.75 Å². The second-order valence-corrected chi connectivity index (χ2v) is 5.01. The quantitative estimate of drug-likeness (QED) is 0.896. The van der Waals surface area contributed by atoms with Crippen LogP contribution in [0, 0.1) is 0 Å². The van der Waals surface area contributed by atoms with Gasteiger partial charge < -0.3 is 14.4 Å². The van der Waals surface area contributed by atoms with E-state index in [0.29, 0.717) is 11.6 Å². The van der Waals surface area contributed by atoms with Crippen molar-refractivity contribution in [3.05, 3.63) is 28.0 Å². The first-order valence-electron chi connectivity index (χ1n) is 5.33. The Kier molecular flexibility index (Phi) is 3.61. The highest BCUT2D eigenvalue weighted by Crippen LogP contribution is 2.34. The Morgan fingerprint density at radius 3 is 2.94 bits per heavy atom. The highest BCUT2D eigenvalue weighted by atomic mass is 32.1. The predicted molar refractivity (Wildman–Crippen MR) is 64.0 cm³/mol. The van der Waals surface area contributed by atoms with Crippen molar-refractivity contribution < 1.29 is 19.2 Å². The van der Waals surface area contributed by atoms with Gasteiger partial charge in [0.05, 0.1) is 0 Å². The number of thiophene rings is 1. The third-order valence-corrected chi connectivity index (χ3v) is 3.64. The maximum absolute atomic E-state index is 11.1. The fraction of sp³-hybridized carbons (Fsp3) is 0.364. The Morgan fingerprint density at radius 1 is 1.61 bits per heavy atom. The molecule has 1 N–H and O–H groups in total. The molecule has 0 bridgehead atoms. The lowest BCUT2D eigenvalue weighted by Crippen LogP contribution is -2.00. The maximum atomic E-state index is 11.1. The van der Waals surface area contributed by atoms with Gasteiger partial charge in [-0.15, -0.1) is 11.3 Å². The number of ether oxygens (including phenoxy) is 1. The van der Waals surface area contributed by atoms with Crippen LogP contribution in [-0.2, 0) is 6.61 Å². The lowest BCUT2D eigenvalue weighted by molar-refractivity contribution is 0.0697. The van der Waals surface area contributed by atoms with Crippen molar-refractivity contribution in [2.75, 3.05) is 0 Å². The van der Waals surface area contributed by atoms with Gasteiger partial charge in [-0.25, -0.2) is 4.79 Å². The molecule has 0 amide bonds. The van der Waals surface area contributed by atoms with E-state index in [9.17, 15) is 4.79 Å². The molecule has 7 heteroatoms. The largest absolute Gasteiger partial charge is 0.482 e. The molecule has 0 aromatic carbocycles. The molecule has 0 aliphatic heterocycles. The van der Waals surface area contributed by atoms with Gasteiger partial charge in [0.1, 0.15) is 5.75 Å². The zero-order valence-corrected chi connectivity index (χ0v) is 10.7. The zero-order valence-electron chi connectivity index (χ0n) is 9.91. The SMILES string of the molecule is CC(C)c1cc(OCc2ncno2)c(C(=O)O)s1. The second kappa shape index (κ2) is 5.18. The van der Waals surface area contributed by atoms with Gasteiger partial charge >= 0.3 is 5.97 Å². The van der Waals surface area contributed by atoms with Gasteiger partial charge in [-0.2, -0.15) is 4.98 Å². The van der Waals surface area contributed by atoms with Crippen LogP contribution in [-0.4, -0.2) is 21.2 Å². The number of nitrogens with zero attached hydrogens (tertiary/aromatic N) is 2. The first kappa shape index (κ1) is 12.6. The van der Waals surface area contributed by atoms with E-state index in [2.05, 4.69) is 10.1 Å². The van der Waals surface area contributed by atoms with Crippen LogP contribution in [0.5, 0.6) is 5.75 Å². The van der Waals surface area contributed by atoms with Crippen LogP contribution < -0.4 is 4.74 Å². The summed E-state index contributed by atoms with van der Waals surface area (Å²) in [6.07, 6.45) is 1.27. The Hall–Kier alpha value is -1.89. The molecule has 0 unspecified atom stereocenters. The van der Waals surface area contributed by atoms with Crippen LogP contribution in [0.3, 0.4) is 0 Å². The number of carboxylic acids is 1. The first-order valence-corrected chi connectivity index (χ1v) is 6.15. The van der Waals surface area contributed by atoms with Gasteiger partial charge in [0, 0.05) is 4.88 Å². The monoisotopic (exact) mass is 268 g/mol. The molecule has 0 spiro atoms. The summed E-state index contributed by atoms with van der Waals surface area (Å²) in [5, 5.41) is 12.5. The molecule has 0 aliphatic carbocycles. The lowest BCUT2D eigenvalue weighted by atomic mass is 10.2. The minimum atomic E-state index is -0.993. The van der Waals surface area contributed by atoms with E-state index in [1.165, 1.54) is 17.7 Å². The van der Waals surface area contributed by atoms with Gasteiger partial charge in [0.2, 0.25) is 0 Å². The first-order chi connectivity index (χ1) is 8.58. The summed E-state index contributed by atoms with van der Waals surface area (Å²) in [5.74, 6) is -0.0840. The molecule has 2 aromatic heterocycles. The van der Waals surface area contributed by atoms with Crippen molar-refractivity contribution in [1.82, 2.24) is 10.1 Å². The van der Waals surface area contributed by atoms with E-state index in [1.807, 2.05) is 13.8 Å². The molecule has 0 atom stereocenters. The number of hydrogen-bond donors (Lipinski definition) is 1. The third kappa shape index (κ3) is 2.67. The summed E-state index contributed by atoms with van der Waals surface area (Å²) in [6, 6.07) is 1.75. The van der Waals surface area contributed by atoms with Crippen molar-refractivity contribution >= 4 is 17.3 Å². The minimum absolute atomic E-state index is 0.0640. The fourth-order valence-corrected chi connectivity index (χ4v) is 2.28. The van der Waals surface area contributed by atoms with Crippen LogP contribution in [0.2, 0.25) is 0 Å². The van der Waals surface area contributed by atoms with Crippen LogP contribution in [0.1, 0.15) is 40.2 Å². The number of carbonyl (C=O) groups is 1. The molecular formula is C11H12N2O4S. The van der Waals surface area contributed by atoms with Gasteiger partial charge in [-0.1, -0.05) is 19.0 Å². The van der Waals surface area contributed by atoms with Crippen LogP contribution >= 0.6 is 11.3 Å². The topological polar surface area (TPSA) is 85.5 Å². The smallest absolute Gasteiger partial charge is 0.349 e. The molecule has 0 saturated carbocycles. The Morgan fingerprint density at radius 2 is 2.39 bits per heavy atom. The van der Waals surface area contributed by atoms with Gasteiger partial charge in [-0.3, -0.25) is 0 Å². The Balaban J connectivity index is 2.17. The standard InChI is InChI=1S/C11H12N2O4S/c1-6(2)8-3-7(10(18-8)11(14)15)16-4-9-12-5-13-17-9/h3,5-6H,4H2,1-2H3,(H,14,15). The van der Waals surface area contributed by atoms with Gasteiger partial charge in [0.25, 0.3) is 5.89 Å². The van der Waals surface area contributed by atoms with Crippen molar-refractivity contribution in [2.24, 2.45) is 0 Å². The molecule has 0 aliphatic rings. The summed E-state index contributed by atoms with van der Waals surface area (Å²) >= 11 is 1.22. The molecular weight excluding hydrogens is 256 g/mol. The molecule has 6 nitrogen and oxygen atoms in total. The summed E-state index contributed by atoms with van der Waals surface area (Å²) in [5.41, 5.74) is 0. The van der Waals surface area contributed by atoms with Crippen LogP contribution in [0.4, 0.5) is 0 Å². The molecule has 0 saturated heterocycles. The number of hydrogen-bond acceptors (Lipinski definition) is 6. The van der Waals surface area contributed by atoms with Crippen molar-refractivity contribution in [3.63, 3.8) is 0 Å². The summed E-state index contributed by atoms with van der Waals surface area (Å²) in [6.45, 7) is 4.06. The number of carboxylic acid groups (broad SMARTS) is 1. The third-order valence-electron chi connectivity index (χ3n) is 2.24. The molecule has 0 fully saturated rings. The van der Waals surface area contributed by atoms with E-state index >= 15 is 0 Å². The molecule has 96 valence electrons. The lowest BCUT2D eigenvalue weighted by Gasteiger charge is -2.01. The normalized spacial score (nSPS) is 10.8. The average molecular weight is 268 g/mol. The summed E-state index contributed by atoms with van der Waals surface area (Å²) in [4.78, 5) is 16.1. The Labute approximate surface area is 107 Å². The summed E-state index contributed by atoms with van der Waals surface area (Å²) in [7, 11) is 0. The highest BCUT2D eigenvalue weighted by Gasteiger charge is 2.18. The molecule has 2 aromatic rings. The van der Waals surface area contributed by atoms with E-state index in [1.54, 1.807) is 6.07 Å². The molecule has 0 radical (unpaired) electrons. The van der Waals surface area contributed by atoms with Crippen LogP contribution in [0.25, 0.3) is 0 Å². The number of rotatable bonds is 5. The average Bonchev–Trinajstić information content (AvgIpc) is 2.95. The Bertz CT molecular complexity index is 533. The van der Waals surface area contributed by atoms with Gasteiger partial charge in [0.15, 0.2) is 17.8 Å². The molecule has 2 heterocycles. The van der Waals surface area contributed by atoms with Gasteiger partial charge in [-0.05, 0) is 12.0 Å². The van der Waals surface area contributed by atoms with E-state index in [-0.39, 0.29) is 17.4 Å². The second-order valence-electron chi connectivity index (χ2n) is 3.93. The molecule has 2 rings (SSSR count). The fourth-order valence-electron chi connectivity index (χ4n) is 1.33. The predicted octanol–water partition coefficient (Wildman–Crippen LogP) is 2.53. The maximum Gasteiger partial charge on any atom is 0.349 e. The van der Waals surface area contributed by atoms with Crippen molar-refractivity contribution in [1.29, 1.82) is 0 Å².